The van der Waals surface area contributed by atoms with Gasteiger partial charge in [0.1, 0.15) is 5.82 Å². The van der Waals surface area contributed by atoms with Crippen LogP contribution in [0.5, 0.6) is 0 Å². The molecule has 0 atom stereocenters. The number of benzene rings is 1. The molecule has 2 N–H and O–H groups in total. The molecular weight excluding hydrogens is 212 g/mol. The summed E-state index contributed by atoms with van der Waals surface area (Å²) in [6, 6.07) is 10.1. The molecule has 17 heavy (non-hydrogen) atoms. The van der Waals surface area contributed by atoms with Crippen molar-refractivity contribution < 1.29 is 0 Å². The highest BCUT2D eigenvalue weighted by Gasteiger charge is 2.18. The minimum atomic E-state index is 0.789. The second-order valence-corrected chi connectivity index (χ2v) is 4.04. The van der Waals surface area contributed by atoms with Crippen LogP contribution in [0.1, 0.15) is 11.3 Å². The molecule has 0 bridgehead atoms. The molecule has 0 amide bonds. The third-order valence-corrected chi connectivity index (χ3v) is 2.96. The fourth-order valence-corrected chi connectivity index (χ4v) is 2.09. The number of aromatic nitrogens is 2. The lowest BCUT2D eigenvalue weighted by Gasteiger charge is -2.08. The first-order valence-corrected chi connectivity index (χ1v) is 5.72. The van der Waals surface area contributed by atoms with Crippen molar-refractivity contribution in [3.05, 3.63) is 41.6 Å². The summed E-state index contributed by atoms with van der Waals surface area (Å²) < 4.78 is 0. The van der Waals surface area contributed by atoms with E-state index in [1.165, 1.54) is 5.56 Å². The van der Waals surface area contributed by atoms with Crippen molar-refractivity contribution in [2.45, 2.75) is 13.1 Å². The largest absolute Gasteiger partial charge is 0.373 e. The smallest absolute Gasteiger partial charge is 0.161 e. The van der Waals surface area contributed by atoms with Gasteiger partial charge in [-0.3, -0.25) is 0 Å². The fourth-order valence-electron chi connectivity index (χ4n) is 2.09. The molecule has 0 saturated carbocycles. The zero-order chi connectivity index (χ0) is 11.7. The predicted molar refractivity (Wildman–Crippen MR) is 67.6 cm³/mol. The second-order valence-electron chi connectivity index (χ2n) is 4.04. The van der Waals surface area contributed by atoms with Crippen molar-refractivity contribution in [3.63, 3.8) is 0 Å². The van der Waals surface area contributed by atoms with Gasteiger partial charge in [0, 0.05) is 31.3 Å². The van der Waals surface area contributed by atoms with Gasteiger partial charge in [0.25, 0.3) is 0 Å². The minimum Gasteiger partial charge on any atom is -0.373 e. The molecule has 1 aromatic carbocycles. The highest BCUT2D eigenvalue weighted by molar-refractivity contribution is 5.60. The summed E-state index contributed by atoms with van der Waals surface area (Å²) in [4.78, 5) is 9.19. The summed E-state index contributed by atoms with van der Waals surface area (Å²) in [5.41, 5.74) is 3.34. The molecule has 4 nitrogen and oxygen atoms in total. The standard InChI is InChI=1S/C13H14N4/c1-14-13-10-7-15-8-11(10)16-12(17-13)9-5-3-2-4-6-9/h2-6,15H,7-8H2,1H3,(H,14,16,17). The molecule has 0 radical (unpaired) electrons. The molecular formula is C13H14N4. The Balaban J connectivity index is 2.13. The number of rotatable bonds is 2. The van der Waals surface area contributed by atoms with Crippen LogP contribution >= 0.6 is 0 Å². The molecule has 3 rings (SSSR count). The van der Waals surface area contributed by atoms with Gasteiger partial charge >= 0.3 is 0 Å². The summed E-state index contributed by atoms with van der Waals surface area (Å²) in [7, 11) is 1.90. The average molecular weight is 226 g/mol. The van der Waals surface area contributed by atoms with E-state index in [2.05, 4.69) is 20.6 Å². The third kappa shape index (κ3) is 1.76. The molecule has 86 valence electrons. The zero-order valence-electron chi connectivity index (χ0n) is 9.70. The predicted octanol–water partition coefficient (Wildman–Crippen LogP) is 1.79. The second kappa shape index (κ2) is 4.14. The molecule has 1 aromatic heterocycles. The number of nitrogens with zero attached hydrogens (tertiary/aromatic N) is 2. The Morgan fingerprint density at radius 2 is 1.94 bits per heavy atom. The Morgan fingerprint density at radius 3 is 2.71 bits per heavy atom. The maximum absolute atomic E-state index is 4.62. The van der Waals surface area contributed by atoms with E-state index in [0.29, 0.717) is 0 Å². The molecule has 0 unspecified atom stereocenters. The number of hydrogen-bond acceptors (Lipinski definition) is 4. The van der Waals surface area contributed by atoms with Crippen molar-refractivity contribution in [1.82, 2.24) is 15.3 Å². The van der Waals surface area contributed by atoms with E-state index in [1.807, 2.05) is 37.4 Å². The van der Waals surface area contributed by atoms with Gasteiger partial charge in [-0.1, -0.05) is 30.3 Å². The molecule has 0 aliphatic carbocycles. The van der Waals surface area contributed by atoms with E-state index in [0.717, 1.165) is 36.0 Å². The number of anilines is 1. The van der Waals surface area contributed by atoms with Crippen LogP contribution in [0.2, 0.25) is 0 Å². The van der Waals surface area contributed by atoms with E-state index in [9.17, 15) is 0 Å². The SMILES string of the molecule is CNc1nc(-c2ccccc2)nc2c1CNC2. The van der Waals surface area contributed by atoms with Crippen LogP contribution in [-0.4, -0.2) is 17.0 Å². The highest BCUT2D eigenvalue weighted by atomic mass is 15.1. The van der Waals surface area contributed by atoms with Crippen molar-refractivity contribution in [3.8, 4) is 11.4 Å². The van der Waals surface area contributed by atoms with Gasteiger partial charge in [0.15, 0.2) is 5.82 Å². The summed E-state index contributed by atoms with van der Waals surface area (Å²) in [5.74, 6) is 1.72. The van der Waals surface area contributed by atoms with Crippen LogP contribution < -0.4 is 10.6 Å². The first kappa shape index (κ1) is 10.2. The molecule has 4 heteroatoms. The maximum Gasteiger partial charge on any atom is 0.161 e. The first-order valence-electron chi connectivity index (χ1n) is 5.72. The third-order valence-electron chi connectivity index (χ3n) is 2.96. The average Bonchev–Trinajstić information content (AvgIpc) is 2.86. The van der Waals surface area contributed by atoms with E-state index < -0.39 is 0 Å². The summed E-state index contributed by atoms with van der Waals surface area (Å²) in [6.07, 6.45) is 0. The normalized spacial score (nSPS) is 13.5. The highest BCUT2D eigenvalue weighted by Crippen LogP contribution is 2.24. The molecule has 0 spiro atoms. The van der Waals surface area contributed by atoms with Crippen molar-refractivity contribution in [2.75, 3.05) is 12.4 Å². The lowest BCUT2D eigenvalue weighted by molar-refractivity contribution is 0.758. The van der Waals surface area contributed by atoms with Gasteiger partial charge < -0.3 is 10.6 Å². The quantitative estimate of drug-likeness (QED) is 0.819. The fraction of sp³-hybridized carbons (Fsp3) is 0.231. The van der Waals surface area contributed by atoms with Crippen LogP contribution in [0.15, 0.2) is 30.3 Å². The maximum atomic E-state index is 4.62. The number of nitrogens with one attached hydrogen (secondary N) is 2. The Morgan fingerprint density at radius 1 is 1.12 bits per heavy atom. The Hall–Kier alpha value is -1.94. The van der Waals surface area contributed by atoms with Gasteiger partial charge in [-0.05, 0) is 0 Å². The lowest BCUT2D eigenvalue weighted by atomic mass is 10.2. The first-order chi connectivity index (χ1) is 8.38. The summed E-state index contributed by atoms with van der Waals surface area (Å²) >= 11 is 0. The van der Waals surface area contributed by atoms with E-state index >= 15 is 0 Å². The minimum absolute atomic E-state index is 0.789. The van der Waals surface area contributed by atoms with Crippen LogP contribution in [0.25, 0.3) is 11.4 Å². The van der Waals surface area contributed by atoms with Crippen molar-refractivity contribution >= 4 is 5.82 Å². The molecule has 1 aliphatic heterocycles. The Labute approximate surface area is 100 Å². The van der Waals surface area contributed by atoms with Crippen molar-refractivity contribution in [1.29, 1.82) is 0 Å². The van der Waals surface area contributed by atoms with E-state index in [1.54, 1.807) is 0 Å². The van der Waals surface area contributed by atoms with Gasteiger partial charge in [0.2, 0.25) is 0 Å². The number of hydrogen-bond donors (Lipinski definition) is 2. The van der Waals surface area contributed by atoms with Gasteiger partial charge in [-0.15, -0.1) is 0 Å². The van der Waals surface area contributed by atoms with E-state index in [-0.39, 0.29) is 0 Å². The molecule has 2 aromatic rings. The van der Waals surface area contributed by atoms with Gasteiger partial charge in [-0.25, -0.2) is 9.97 Å². The molecule has 1 aliphatic rings. The molecule has 2 heterocycles. The van der Waals surface area contributed by atoms with Crippen LogP contribution in [0, 0.1) is 0 Å². The molecule has 0 saturated heterocycles. The van der Waals surface area contributed by atoms with E-state index in [4.69, 9.17) is 0 Å². The van der Waals surface area contributed by atoms with Crippen molar-refractivity contribution in [2.24, 2.45) is 0 Å². The monoisotopic (exact) mass is 226 g/mol. The topological polar surface area (TPSA) is 49.8 Å². The lowest BCUT2D eigenvalue weighted by Crippen LogP contribution is -2.03. The van der Waals surface area contributed by atoms with Crippen LogP contribution in [-0.2, 0) is 13.1 Å². The Kier molecular flexibility index (Phi) is 2.49. The van der Waals surface area contributed by atoms with Gasteiger partial charge in [-0.2, -0.15) is 0 Å². The molecule has 0 fully saturated rings. The van der Waals surface area contributed by atoms with Crippen LogP contribution in [0.3, 0.4) is 0 Å². The Bertz CT molecular complexity index is 537. The summed E-state index contributed by atoms with van der Waals surface area (Å²) in [5, 5.41) is 6.44. The van der Waals surface area contributed by atoms with Gasteiger partial charge in [0.05, 0.1) is 5.69 Å². The zero-order valence-corrected chi connectivity index (χ0v) is 9.70. The number of fused-ring (bicyclic) bond motifs is 1. The van der Waals surface area contributed by atoms with Crippen LogP contribution in [0.4, 0.5) is 5.82 Å². The summed E-state index contributed by atoms with van der Waals surface area (Å²) in [6.45, 7) is 1.67.